The zero-order chi connectivity index (χ0) is 30.5. The van der Waals surface area contributed by atoms with Crippen LogP contribution in [0.4, 0.5) is 10.5 Å². The highest BCUT2D eigenvalue weighted by molar-refractivity contribution is 5.95. The number of carbonyl (C=O) groups is 2. The Bertz CT molecular complexity index is 1400. The van der Waals surface area contributed by atoms with Crippen LogP contribution in [0.1, 0.15) is 88.3 Å². The summed E-state index contributed by atoms with van der Waals surface area (Å²) >= 11 is 0. The number of amides is 2. The molecule has 0 saturated heterocycles. The van der Waals surface area contributed by atoms with Crippen LogP contribution >= 0.6 is 0 Å². The van der Waals surface area contributed by atoms with Crippen molar-refractivity contribution in [2.75, 3.05) is 18.6 Å². The van der Waals surface area contributed by atoms with Crippen LogP contribution in [-0.2, 0) is 4.79 Å². The number of anilines is 1. The Labute approximate surface area is 255 Å². The number of nitrogens with zero attached hydrogens (tertiary/aromatic N) is 3. The van der Waals surface area contributed by atoms with E-state index in [1.807, 2.05) is 21.8 Å². The van der Waals surface area contributed by atoms with Gasteiger partial charge in [0.2, 0.25) is 5.91 Å². The molecule has 0 unspecified atom stereocenters. The maximum absolute atomic E-state index is 14.2. The lowest BCUT2D eigenvalue weighted by atomic mass is 9.78. The number of carboxylic acid groups (broad SMARTS) is 1. The zero-order valence-corrected chi connectivity index (χ0v) is 26.0. The number of hydrogen-bond donors (Lipinski definition) is 2. The second-order valence-corrected chi connectivity index (χ2v) is 12.7. The van der Waals surface area contributed by atoms with Crippen molar-refractivity contribution in [2.24, 2.45) is 11.8 Å². The van der Waals surface area contributed by atoms with Gasteiger partial charge in [-0.25, -0.2) is 4.79 Å². The molecular weight excluding hydrogens is 540 g/mol. The summed E-state index contributed by atoms with van der Waals surface area (Å²) in [6, 6.07) is 15.0. The first kappa shape index (κ1) is 30.6. The Hall–Kier alpha value is -3.81. The third-order valence-electron chi connectivity index (χ3n) is 9.47. The van der Waals surface area contributed by atoms with Gasteiger partial charge < -0.3 is 20.1 Å². The molecule has 1 heterocycles. The van der Waals surface area contributed by atoms with Crippen molar-refractivity contribution in [1.82, 2.24) is 15.1 Å². The van der Waals surface area contributed by atoms with Gasteiger partial charge in [0.05, 0.1) is 13.3 Å². The van der Waals surface area contributed by atoms with E-state index in [4.69, 9.17) is 9.84 Å². The SMILES string of the molecule is COc1ccc(C2CCC(CN(C(=O)C3CCC(NC(=O)O)CC3)c3cccc(-c4cnn(C(C)C)c4)c3)CC2)cc1C. The van der Waals surface area contributed by atoms with E-state index in [0.29, 0.717) is 44.1 Å². The molecule has 2 aliphatic carbocycles. The van der Waals surface area contributed by atoms with Crippen LogP contribution in [0.5, 0.6) is 5.75 Å². The minimum Gasteiger partial charge on any atom is -0.496 e. The number of aromatic nitrogens is 2. The third-order valence-corrected chi connectivity index (χ3v) is 9.47. The molecule has 0 radical (unpaired) electrons. The molecular formula is C35H46N4O4. The number of nitrogens with one attached hydrogen (secondary N) is 1. The van der Waals surface area contributed by atoms with E-state index in [1.165, 1.54) is 11.1 Å². The van der Waals surface area contributed by atoms with Gasteiger partial charge in [-0.15, -0.1) is 0 Å². The second-order valence-electron chi connectivity index (χ2n) is 12.7. The molecule has 1 aromatic heterocycles. The molecule has 2 aromatic carbocycles. The Morgan fingerprint density at radius 3 is 2.40 bits per heavy atom. The number of benzene rings is 2. The van der Waals surface area contributed by atoms with Crippen molar-refractivity contribution in [3.63, 3.8) is 0 Å². The summed E-state index contributed by atoms with van der Waals surface area (Å²) in [6.07, 6.45) is 10.1. The van der Waals surface area contributed by atoms with E-state index in [2.05, 4.69) is 73.8 Å². The van der Waals surface area contributed by atoms with Crippen LogP contribution in [0.15, 0.2) is 54.9 Å². The second kappa shape index (κ2) is 13.7. The van der Waals surface area contributed by atoms with E-state index in [0.717, 1.165) is 48.2 Å². The van der Waals surface area contributed by atoms with Crippen LogP contribution in [0.25, 0.3) is 11.1 Å². The molecule has 0 atom stereocenters. The monoisotopic (exact) mass is 586 g/mol. The molecule has 0 spiro atoms. The van der Waals surface area contributed by atoms with Crippen LogP contribution < -0.4 is 15.0 Å². The van der Waals surface area contributed by atoms with Crippen LogP contribution in [0.3, 0.4) is 0 Å². The quantitative estimate of drug-likeness (QED) is 0.269. The Morgan fingerprint density at radius 2 is 1.77 bits per heavy atom. The number of methoxy groups -OCH3 is 1. The fourth-order valence-corrected chi connectivity index (χ4v) is 6.92. The molecule has 0 aliphatic heterocycles. The smallest absolute Gasteiger partial charge is 0.404 e. The predicted molar refractivity (Wildman–Crippen MR) is 170 cm³/mol. The maximum atomic E-state index is 14.2. The summed E-state index contributed by atoms with van der Waals surface area (Å²) in [5.41, 5.74) is 5.57. The van der Waals surface area contributed by atoms with Gasteiger partial charge in [-0.2, -0.15) is 5.10 Å². The number of hydrogen-bond acceptors (Lipinski definition) is 4. The molecule has 8 heteroatoms. The summed E-state index contributed by atoms with van der Waals surface area (Å²) in [5, 5.41) is 16.3. The highest BCUT2D eigenvalue weighted by Crippen LogP contribution is 2.39. The van der Waals surface area contributed by atoms with Gasteiger partial charge >= 0.3 is 6.09 Å². The fraction of sp³-hybridized carbons (Fsp3) is 0.514. The molecule has 230 valence electrons. The fourth-order valence-electron chi connectivity index (χ4n) is 6.92. The van der Waals surface area contributed by atoms with Gasteiger partial charge in [-0.05, 0) is 119 Å². The van der Waals surface area contributed by atoms with Gasteiger partial charge in [-0.3, -0.25) is 9.48 Å². The molecule has 8 nitrogen and oxygen atoms in total. The number of aryl methyl sites for hydroxylation is 1. The van der Waals surface area contributed by atoms with Crippen molar-refractivity contribution >= 4 is 17.7 Å². The van der Waals surface area contributed by atoms with E-state index in [9.17, 15) is 9.59 Å². The molecule has 2 fully saturated rings. The van der Waals surface area contributed by atoms with Crippen molar-refractivity contribution in [2.45, 2.75) is 90.1 Å². The number of ether oxygens (including phenoxy) is 1. The predicted octanol–water partition coefficient (Wildman–Crippen LogP) is 7.58. The van der Waals surface area contributed by atoms with Crippen molar-refractivity contribution < 1.29 is 19.4 Å². The van der Waals surface area contributed by atoms with Crippen molar-refractivity contribution in [1.29, 1.82) is 0 Å². The maximum Gasteiger partial charge on any atom is 0.404 e. The van der Waals surface area contributed by atoms with Gasteiger partial charge in [-0.1, -0.05) is 24.3 Å². The van der Waals surface area contributed by atoms with Gasteiger partial charge in [0.25, 0.3) is 0 Å². The molecule has 5 rings (SSSR count). The largest absolute Gasteiger partial charge is 0.496 e. The summed E-state index contributed by atoms with van der Waals surface area (Å²) in [4.78, 5) is 27.4. The minimum atomic E-state index is -0.991. The van der Waals surface area contributed by atoms with Crippen molar-refractivity contribution in [3.8, 4) is 16.9 Å². The van der Waals surface area contributed by atoms with E-state index in [-0.39, 0.29) is 23.9 Å². The zero-order valence-electron chi connectivity index (χ0n) is 26.0. The van der Waals surface area contributed by atoms with E-state index in [1.54, 1.807) is 7.11 Å². The molecule has 2 N–H and O–H groups in total. The highest BCUT2D eigenvalue weighted by Gasteiger charge is 2.33. The first-order valence-corrected chi connectivity index (χ1v) is 15.8. The van der Waals surface area contributed by atoms with Gasteiger partial charge in [0, 0.05) is 42.0 Å². The normalized spacial score (nSPS) is 22.3. The van der Waals surface area contributed by atoms with Gasteiger partial charge in [0.15, 0.2) is 0 Å². The van der Waals surface area contributed by atoms with E-state index < -0.39 is 6.09 Å². The topological polar surface area (TPSA) is 96.7 Å². The van der Waals surface area contributed by atoms with Crippen molar-refractivity contribution in [3.05, 3.63) is 66.0 Å². The summed E-state index contributed by atoms with van der Waals surface area (Å²) in [7, 11) is 1.72. The average Bonchev–Trinajstić information content (AvgIpc) is 3.51. The molecule has 2 amide bonds. The lowest BCUT2D eigenvalue weighted by molar-refractivity contribution is -0.123. The first-order valence-electron chi connectivity index (χ1n) is 15.8. The van der Waals surface area contributed by atoms with Gasteiger partial charge in [0.1, 0.15) is 5.75 Å². The van der Waals surface area contributed by atoms with Crippen LogP contribution in [-0.4, -0.2) is 46.6 Å². The summed E-state index contributed by atoms with van der Waals surface area (Å²) in [6.45, 7) is 7.03. The summed E-state index contributed by atoms with van der Waals surface area (Å²) < 4.78 is 7.42. The van der Waals surface area contributed by atoms with Crippen LogP contribution in [0, 0.1) is 18.8 Å². The first-order chi connectivity index (χ1) is 20.7. The Balaban J connectivity index is 1.33. The van der Waals surface area contributed by atoms with Crippen LogP contribution in [0.2, 0.25) is 0 Å². The molecule has 2 aliphatic rings. The highest BCUT2D eigenvalue weighted by atomic mass is 16.5. The molecule has 3 aromatic rings. The standard InChI is InChI=1S/C35H46N4O4/c1-23(2)39-22-30(20-36-39)28-6-5-7-32(19-28)38(34(40)27-12-15-31(16-13-27)37-35(41)42)21-25-8-10-26(11-9-25)29-14-17-33(43-4)24(3)18-29/h5-7,14,17-20,22-23,25-27,31,37H,8-13,15-16,21H2,1-4H3,(H,41,42). The lowest BCUT2D eigenvalue weighted by Crippen LogP contribution is -2.44. The minimum absolute atomic E-state index is 0.0762. The summed E-state index contributed by atoms with van der Waals surface area (Å²) in [5.74, 6) is 1.95. The van der Waals surface area contributed by atoms with E-state index >= 15 is 0 Å². The Morgan fingerprint density at radius 1 is 1.02 bits per heavy atom. The molecule has 2 saturated carbocycles. The lowest BCUT2D eigenvalue weighted by Gasteiger charge is -2.36. The Kier molecular flexibility index (Phi) is 9.73. The molecule has 43 heavy (non-hydrogen) atoms. The number of carbonyl (C=O) groups excluding carboxylic acids is 1. The number of rotatable bonds is 9. The molecule has 0 bridgehead atoms. The average molecular weight is 587 g/mol. The third kappa shape index (κ3) is 7.40.